The van der Waals surface area contributed by atoms with Crippen molar-refractivity contribution >= 4 is 23.1 Å². The van der Waals surface area contributed by atoms with E-state index in [0.29, 0.717) is 36.2 Å². The van der Waals surface area contributed by atoms with Crippen molar-refractivity contribution < 1.29 is 9.53 Å². The average molecular weight is 319 g/mol. The molecule has 0 unspecified atom stereocenters. The summed E-state index contributed by atoms with van der Waals surface area (Å²) in [4.78, 5) is 33.7. The molecule has 124 valence electrons. The first-order chi connectivity index (χ1) is 11.0. The number of hydrogen-bond donors (Lipinski definition) is 2. The highest BCUT2D eigenvalue weighted by Gasteiger charge is 2.27. The van der Waals surface area contributed by atoms with Crippen molar-refractivity contribution in [1.82, 2.24) is 19.5 Å². The second-order valence-corrected chi connectivity index (χ2v) is 6.13. The van der Waals surface area contributed by atoms with E-state index >= 15 is 0 Å². The maximum atomic E-state index is 11.8. The molecule has 0 aromatic carbocycles. The van der Waals surface area contributed by atoms with Crippen LogP contribution in [0.1, 0.15) is 32.6 Å². The van der Waals surface area contributed by atoms with Gasteiger partial charge in [-0.3, -0.25) is 14.6 Å². The number of anilines is 1. The molecule has 1 saturated carbocycles. The zero-order valence-electron chi connectivity index (χ0n) is 13.1. The molecule has 23 heavy (non-hydrogen) atoms. The Hall–Kier alpha value is -2.38. The number of aromatic nitrogens is 4. The maximum Gasteiger partial charge on any atom is 0.302 e. The van der Waals surface area contributed by atoms with Gasteiger partial charge < -0.3 is 15.0 Å². The molecule has 2 atom stereocenters. The molecule has 0 bridgehead atoms. The summed E-state index contributed by atoms with van der Waals surface area (Å²) in [7, 11) is 0. The Bertz CT molecular complexity index is 766. The number of carbonyl (C=O) groups is 1. The number of imidazole rings is 1. The SMILES string of the molecule is CC(=O)OC[C@H]1CCCC[C@@H]1Cn1cnc2c(=O)[nH]c(N)nc21. The third-order valence-corrected chi connectivity index (χ3v) is 4.49. The van der Waals surface area contributed by atoms with Crippen LogP contribution >= 0.6 is 0 Å². The fourth-order valence-corrected chi connectivity index (χ4v) is 3.33. The number of ether oxygens (including phenoxy) is 1. The zero-order valence-corrected chi connectivity index (χ0v) is 13.1. The summed E-state index contributed by atoms with van der Waals surface area (Å²) in [6.45, 7) is 2.57. The molecule has 1 fully saturated rings. The van der Waals surface area contributed by atoms with E-state index in [-0.39, 0.29) is 17.5 Å². The predicted molar refractivity (Wildman–Crippen MR) is 84.6 cm³/mol. The van der Waals surface area contributed by atoms with Gasteiger partial charge in [0.05, 0.1) is 12.9 Å². The lowest BCUT2D eigenvalue weighted by atomic mass is 9.79. The summed E-state index contributed by atoms with van der Waals surface area (Å²) >= 11 is 0. The van der Waals surface area contributed by atoms with E-state index in [4.69, 9.17) is 10.5 Å². The number of fused-ring (bicyclic) bond motifs is 1. The predicted octanol–water partition coefficient (Wildman–Crippen LogP) is 1.07. The molecular weight excluding hydrogens is 298 g/mol. The van der Waals surface area contributed by atoms with Gasteiger partial charge in [-0.15, -0.1) is 0 Å². The molecule has 0 aliphatic heterocycles. The summed E-state index contributed by atoms with van der Waals surface area (Å²) in [5.41, 5.74) is 6.10. The van der Waals surface area contributed by atoms with Crippen LogP contribution in [0.3, 0.4) is 0 Å². The Labute approximate surface area is 133 Å². The number of carbonyl (C=O) groups excluding carboxylic acids is 1. The van der Waals surface area contributed by atoms with Gasteiger partial charge in [-0.25, -0.2) is 4.98 Å². The van der Waals surface area contributed by atoms with Crippen molar-refractivity contribution in [2.24, 2.45) is 11.8 Å². The van der Waals surface area contributed by atoms with Crippen LogP contribution in [0.5, 0.6) is 0 Å². The van der Waals surface area contributed by atoms with E-state index in [2.05, 4.69) is 15.0 Å². The molecule has 3 rings (SSSR count). The van der Waals surface area contributed by atoms with Crippen molar-refractivity contribution in [3.05, 3.63) is 16.7 Å². The Kier molecular flexibility index (Phi) is 4.31. The lowest BCUT2D eigenvalue weighted by Gasteiger charge is -2.31. The number of esters is 1. The highest BCUT2D eigenvalue weighted by molar-refractivity contribution is 5.70. The minimum Gasteiger partial charge on any atom is -0.466 e. The number of aromatic amines is 1. The summed E-state index contributed by atoms with van der Waals surface area (Å²) in [6.07, 6.45) is 6.04. The van der Waals surface area contributed by atoms with Crippen LogP contribution < -0.4 is 11.3 Å². The van der Waals surface area contributed by atoms with Crippen LogP contribution in [0.25, 0.3) is 11.2 Å². The molecule has 0 spiro atoms. The molecule has 0 amide bonds. The molecule has 8 heteroatoms. The second-order valence-electron chi connectivity index (χ2n) is 6.13. The highest BCUT2D eigenvalue weighted by Crippen LogP contribution is 2.32. The molecule has 2 aromatic heterocycles. The van der Waals surface area contributed by atoms with E-state index in [1.165, 1.54) is 6.92 Å². The van der Waals surface area contributed by atoms with Gasteiger partial charge in [0, 0.05) is 13.5 Å². The van der Waals surface area contributed by atoms with Crippen molar-refractivity contribution in [3.63, 3.8) is 0 Å². The van der Waals surface area contributed by atoms with Gasteiger partial charge in [-0.2, -0.15) is 4.98 Å². The quantitative estimate of drug-likeness (QED) is 0.814. The molecule has 2 heterocycles. The van der Waals surface area contributed by atoms with E-state index < -0.39 is 0 Å². The minimum atomic E-state index is -0.327. The van der Waals surface area contributed by atoms with E-state index in [1.807, 2.05) is 4.57 Å². The third-order valence-electron chi connectivity index (χ3n) is 4.49. The number of H-pyrrole nitrogens is 1. The smallest absolute Gasteiger partial charge is 0.302 e. The Morgan fingerprint density at radius 2 is 2.17 bits per heavy atom. The number of nitrogens with zero attached hydrogens (tertiary/aromatic N) is 3. The summed E-state index contributed by atoms with van der Waals surface area (Å²) < 4.78 is 7.07. The normalized spacial score (nSPS) is 21.4. The Balaban J connectivity index is 1.82. The van der Waals surface area contributed by atoms with Gasteiger partial charge in [0.1, 0.15) is 0 Å². The number of nitrogens with two attached hydrogens (primary N) is 1. The first-order valence-electron chi connectivity index (χ1n) is 7.88. The summed E-state index contributed by atoms with van der Waals surface area (Å²) in [6, 6.07) is 0. The zero-order chi connectivity index (χ0) is 16.4. The first kappa shape index (κ1) is 15.5. The van der Waals surface area contributed by atoms with Crippen molar-refractivity contribution in [2.45, 2.75) is 39.2 Å². The lowest BCUT2D eigenvalue weighted by Crippen LogP contribution is -2.28. The van der Waals surface area contributed by atoms with Crippen LogP contribution in [-0.4, -0.2) is 32.1 Å². The monoisotopic (exact) mass is 319 g/mol. The average Bonchev–Trinajstić information content (AvgIpc) is 2.89. The molecule has 1 aliphatic carbocycles. The summed E-state index contributed by atoms with van der Waals surface area (Å²) in [5, 5.41) is 0. The molecule has 8 nitrogen and oxygen atoms in total. The molecule has 1 aliphatic rings. The second kappa shape index (κ2) is 6.39. The first-order valence-corrected chi connectivity index (χ1v) is 7.88. The van der Waals surface area contributed by atoms with Gasteiger partial charge in [-0.1, -0.05) is 12.8 Å². The van der Waals surface area contributed by atoms with Crippen molar-refractivity contribution in [1.29, 1.82) is 0 Å². The molecule has 3 N–H and O–H groups in total. The number of nitrogens with one attached hydrogen (secondary N) is 1. The fraction of sp³-hybridized carbons (Fsp3) is 0.600. The van der Waals surface area contributed by atoms with E-state index in [0.717, 1.165) is 25.7 Å². The minimum absolute atomic E-state index is 0.0874. The molecule has 2 aromatic rings. The molecule has 0 radical (unpaired) electrons. The van der Waals surface area contributed by atoms with Gasteiger partial charge in [-0.05, 0) is 24.7 Å². The number of rotatable bonds is 4. The largest absolute Gasteiger partial charge is 0.466 e. The lowest BCUT2D eigenvalue weighted by molar-refractivity contribution is -0.143. The highest BCUT2D eigenvalue weighted by atomic mass is 16.5. The van der Waals surface area contributed by atoms with E-state index in [9.17, 15) is 9.59 Å². The van der Waals surface area contributed by atoms with Crippen LogP contribution in [0.15, 0.2) is 11.1 Å². The van der Waals surface area contributed by atoms with E-state index in [1.54, 1.807) is 6.33 Å². The Morgan fingerprint density at radius 1 is 1.43 bits per heavy atom. The Morgan fingerprint density at radius 3 is 2.91 bits per heavy atom. The number of nitrogen functional groups attached to an aromatic ring is 1. The van der Waals surface area contributed by atoms with Crippen LogP contribution in [0.4, 0.5) is 5.95 Å². The van der Waals surface area contributed by atoms with Crippen LogP contribution in [-0.2, 0) is 16.1 Å². The molecule has 0 saturated heterocycles. The van der Waals surface area contributed by atoms with Crippen molar-refractivity contribution in [2.75, 3.05) is 12.3 Å². The standard InChI is InChI=1S/C15H21N5O3/c1-9(21)23-7-11-5-3-2-4-10(11)6-20-8-17-12-13(20)18-15(16)19-14(12)22/h8,10-11H,2-7H2,1H3,(H3,16,18,19,22)/t10-,11-/m1/s1. The number of hydrogen-bond acceptors (Lipinski definition) is 6. The van der Waals surface area contributed by atoms with Crippen molar-refractivity contribution in [3.8, 4) is 0 Å². The van der Waals surface area contributed by atoms with Crippen LogP contribution in [0, 0.1) is 11.8 Å². The van der Waals surface area contributed by atoms with Gasteiger partial charge in [0.2, 0.25) is 5.95 Å². The van der Waals surface area contributed by atoms with Crippen LogP contribution in [0.2, 0.25) is 0 Å². The van der Waals surface area contributed by atoms with Gasteiger partial charge in [0.25, 0.3) is 5.56 Å². The fourth-order valence-electron chi connectivity index (χ4n) is 3.33. The topological polar surface area (TPSA) is 116 Å². The van der Waals surface area contributed by atoms with Gasteiger partial charge >= 0.3 is 5.97 Å². The molecular formula is C15H21N5O3. The van der Waals surface area contributed by atoms with Gasteiger partial charge in [0.15, 0.2) is 11.2 Å². The summed E-state index contributed by atoms with van der Waals surface area (Å²) in [5.74, 6) is 0.528. The maximum absolute atomic E-state index is 11.8. The third kappa shape index (κ3) is 3.35.